The Kier molecular flexibility index (Phi) is 3.89. The minimum atomic E-state index is -0.282. The summed E-state index contributed by atoms with van der Waals surface area (Å²) < 4.78 is 0. The van der Waals surface area contributed by atoms with Crippen molar-refractivity contribution in [1.82, 2.24) is 15.4 Å². The molecule has 0 aliphatic heterocycles. The zero-order chi connectivity index (χ0) is 14.7. The summed E-state index contributed by atoms with van der Waals surface area (Å²) in [7, 11) is 0. The van der Waals surface area contributed by atoms with E-state index in [9.17, 15) is 4.79 Å². The van der Waals surface area contributed by atoms with Crippen LogP contribution in [0, 0.1) is 0 Å². The molecule has 0 saturated carbocycles. The van der Waals surface area contributed by atoms with E-state index in [1.54, 1.807) is 17.8 Å². The Hall–Kier alpha value is -2.31. The Morgan fingerprint density at radius 1 is 1.19 bits per heavy atom. The third kappa shape index (κ3) is 2.91. The number of hydrogen-bond acceptors (Lipinski definition) is 4. The average molecular weight is 298 g/mol. The van der Waals surface area contributed by atoms with E-state index in [0.29, 0.717) is 11.3 Å². The molecule has 21 heavy (non-hydrogen) atoms. The van der Waals surface area contributed by atoms with Crippen molar-refractivity contribution in [2.45, 2.75) is 10.9 Å². The molecule has 2 aromatic carbocycles. The van der Waals surface area contributed by atoms with E-state index in [1.165, 1.54) is 0 Å². The van der Waals surface area contributed by atoms with Gasteiger partial charge in [-0.1, -0.05) is 42.1 Å². The van der Waals surface area contributed by atoms with E-state index in [-0.39, 0.29) is 5.91 Å². The number of rotatable bonds is 4. The summed E-state index contributed by atoms with van der Waals surface area (Å²) in [5.41, 5.74) is 5.62. The van der Waals surface area contributed by atoms with Crippen molar-refractivity contribution in [1.29, 1.82) is 0 Å². The maximum Gasteiger partial charge on any atom is 0.265 e. The quantitative estimate of drug-likeness (QED) is 0.299. The molecule has 0 aliphatic carbocycles. The average Bonchev–Trinajstić information content (AvgIpc) is 2.95. The third-order valence-corrected chi connectivity index (χ3v) is 4.05. The lowest BCUT2D eigenvalue weighted by Crippen LogP contribution is -2.30. The zero-order valence-corrected chi connectivity index (χ0v) is 12.0. The van der Waals surface area contributed by atoms with Crippen molar-refractivity contribution in [3.05, 3.63) is 59.7 Å². The van der Waals surface area contributed by atoms with Gasteiger partial charge in [0, 0.05) is 11.3 Å². The van der Waals surface area contributed by atoms with Crippen LogP contribution in [0.3, 0.4) is 0 Å². The molecule has 0 atom stereocenters. The Labute approximate surface area is 125 Å². The monoisotopic (exact) mass is 298 g/mol. The number of nitrogen functional groups attached to an aromatic ring is 1. The van der Waals surface area contributed by atoms with E-state index < -0.39 is 0 Å². The summed E-state index contributed by atoms with van der Waals surface area (Å²) in [5, 5.41) is 0.833. The van der Waals surface area contributed by atoms with Gasteiger partial charge in [0.1, 0.15) is 0 Å². The minimum absolute atomic E-state index is 0.282. The van der Waals surface area contributed by atoms with Gasteiger partial charge in [-0.3, -0.25) is 10.2 Å². The molecule has 1 amide bonds. The smallest absolute Gasteiger partial charge is 0.265 e. The Balaban J connectivity index is 1.80. The highest BCUT2D eigenvalue weighted by Gasteiger charge is 2.10. The van der Waals surface area contributed by atoms with Crippen LogP contribution in [-0.2, 0) is 5.75 Å². The second kappa shape index (κ2) is 5.99. The summed E-state index contributed by atoms with van der Waals surface area (Å²) in [5.74, 6) is 5.57. The first-order valence-corrected chi connectivity index (χ1v) is 7.43. The van der Waals surface area contributed by atoms with Gasteiger partial charge in [-0.25, -0.2) is 10.8 Å². The number of amides is 1. The highest BCUT2D eigenvalue weighted by molar-refractivity contribution is 7.98. The fourth-order valence-corrected chi connectivity index (χ4v) is 2.98. The number of benzene rings is 2. The molecule has 0 radical (unpaired) electrons. The lowest BCUT2D eigenvalue weighted by Gasteiger charge is -2.06. The third-order valence-electron chi connectivity index (χ3n) is 3.13. The number of nitrogens with two attached hydrogens (primary N) is 1. The van der Waals surface area contributed by atoms with Gasteiger partial charge in [0.15, 0.2) is 5.16 Å². The number of imidazole rings is 1. The number of hydrazine groups is 1. The molecule has 5 nitrogen and oxygen atoms in total. The molecular weight excluding hydrogens is 284 g/mol. The predicted octanol–water partition coefficient (Wildman–Crippen LogP) is 2.46. The largest absolute Gasteiger partial charge is 0.333 e. The Bertz CT molecular complexity index is 751. The fourth-order valence-electron chi connectivity index (χ4n) is 2.09. The molecular formula is C15H14N4OS. The molecule has 3 aromatic rings. The number of H-pyrrole nitrogens is 1. The first-order valence-electron chi connectivity index (χ1n) is 6.44. The second-order valence-electron chi connectivity index (χ2n) is 4.48. The van der Waals surface area contributed by atoms with E-state index in [2.05, 4.69) is 15.4 Å². The Morgan fingerprint density at radius 2 is 1.95 bits per heavy atom. The highest BCUT2D eigenvalue weighted by Crippen LogP contribution is 2.24. The number of hydrogen-bond donors (Lipinski definition) is 3. The van der Waals surface area contributed by atoms with Crippen LogP contribution in [-0.4, -0.2) is 15.9 Å². The molecule has 0 fully saturated rings. The van der Waals surface area contributed by atoms with Gasteiger partial charge in [0.25, 0.3) is 5.91 Å². The number of fused-ring (bicyclic) bond motifs is 1. The zero-order valence-electron chi connectivity index (χ0n) is 11.2. The van der Waals surface area contributed by atoms with E-state index >= 15 is 0 Å². The Morgan fingerprint density at radius 3 is 2.76 bits per heavy atom. The van der Waals surface area contributed by atoms with Crippen molar-refractivity contribution >= 4 is 28.7 Å². The van der Waals surface area contributed by atoms with Crippen LogP contribution in [0.25, 0.3) is 11.0 Å². The first kappa shape index (κ1) is 13.7. The van der Waals surface area contributed by atoms with Crippen molar-refractivity contribution in [3.63, 3.8) is 0 Å². The maximum absolute atomic E-state index is 11.7. The molecule has 3 rings (SSSR count). The summed E-state index contributed by atoms with van der Waals surface area (Å²) in [6.45, 7) is 0. The van der Waals surface area contributed by atoms with E-state index in [0.717, 1.165) is 21.8 Å². The standard InChI is InChI=1S/C15H14N4OS/c16-19-14(20)11-6-2-1-5-10(11)9-21-15-17-12-7-3-4-8-13(12)18-15/h1-8H,9,16H2,(H,17,18)(H,19,20). The van der Waals surface area contributed by atoms with Gasteiger partial charge < -0.3 is 4.98 Å². The number of thioether (sulfide) groups is 1. The van der Waals surface area contributed by atoms with Gasteiger partial charge in [-0.05, 0) is 23.8 Å². The van der Waals surface area contributed by atoms with Crippen molar-refractivity contribution < 1.29 is 4.79 Å². The number of carbonyl (C=O) groups excluding carboxylic acids is 1. The SMILES string of the molecule is NNC(=O)c1ccccc1CSc1nc2ccccc2[nH]1. The van der Waals surface area contributed by atoms with Crippen molar-refractivity contribution in [3.8, 4) is 0 Å². The van der Waals surface area contributed by atoms with Crippen molar-refractivity contribution in [2.75, 3.05) is 0 Å². The van der Waals surface area contributed by atoms with E-state index in [4.69, 9.17) is 5.84 Å². The molecule has 1 heterocycles. The van der Waals surface area contributed by atoms with Gasteiger partial charge in [-0.2, -0.15) is 0 Å². The molecule has 0 saturated heterocycles. The lowest BCUT2D eigenvalue weighted by molar-refractivity contribution is 0.0953. The summed E-state index contributed by atoms with van der Waals surface area (Å²) >= 11 is 1.55. The second-order valence-corrected chi connectivity index (χ2v) is 5.44. The summed E-state index contributed by atoms with van der Waals surface area (Å²) in [6, 6.07) is 15.3. The number of aromatic nitrogens is 2. The summed E-state index contributed by atoms with van der Waals surface area (Å²) in [6.07, 6.45) is 0. The van der Waals surface area contributed by atoms with Crippen LogP contribution in [0.2, 0.25) is 0 Å². The molecule has 0 aliphatic rings. The van der Waals surface area contributed by atoms with Gasteiger partial charge in [0.2, 0.25) is 0 Å². The van der Waals surface area contributed by atoms with Gasteiger partial charge >= 0.3 is 0 Å². The normalized spacial score (nSPS) is 10.7. The topological polar surface area (TPSA) is 83.8 Å². The number of nitrogens with zero attached hydrogens (tertiary/aromatic N) is 1. The van der Waals surface area contributed by atoms with Crippen LogP contribution >= 0.6 is 11.8 Å². The molecule has 0 bridgehead atoms. The fraction of sp³-hybridized carbons (Fsp3) is 0.0667. The van der Waals surface area contributed by atoms with Crippen LogP contribution in [0.15, 0.2) is 53.7 Å². The van der Waals surface area contributed by atoms with Crippen molar-refractivity contribution in [2.24, 2.45) is 5.84 Å². The molecule has 0 spiro atoms. The molecule has 1 aromatic heterocycles. The maximum atomic E-state index is 11.7. The number of aromatic amines is 1. The van der Waals surface area contributed by atoms with Gasteiger partial charge in [-0.15, -0.1) is 0 Å². The lowest BCUT2D eigenvalue weighted by atomic mass is 10.1. The summed E-state index contributed by atoms with van der Waals surface area (Å²) in [4.78, 5) is 19.5. The highest BCUT2D eigenvalue weighted by atomic mass is 32.2. The van der Waals surface area contributed by atoms with Crippen LogP contribution in [0.5, 0.6) is 0 Å². The number of carbonyl (C=O) groups is 1. The van der Waals surface area contributed by atoms with E-state index in [1.807, 2.05) is 42.5 Å². The van der Waals surface area contributed by atoms with Crippen LogP contribution < -0.4 is 11.3 Å². The predicted molar refractivity (Wildman–Crippen MR) is 83.8 cm³/mol. The van der Waals surface area contributed by atoms with Crippen LogP contribution in [0.4, 0.5) is 0 Å². The molecule has 6 heteroatoms. The number of para-hydroxylation sites is 2. The van der Waals surface area contributed by atoms with Gasteiger partial charge in [0.05, 0.1) is 11.0 Å². The molecule has 0 unspecified atom stereocenters. The first-order chi connectivity index (χ1) is 10.3. The minimum Gasteiger partial charge on any atom is -0.333 e. The number of nitrogens with one attached hydrogen (secondary N) is 2. The molecule has 4 N–H and O–H groups in total. The van der Waals surface area contributed by atoms with Crippen LogP contribution in [0.1, 0.15) is 15.9 Å². The molecule has 106 valence electrons.